The Morgan fingerprint density at radius 3 is 2.57 bits per heavy atom. The maximum atomic E-state index is 13.9. The second kappa shape index (κ2) is 7.74. The summed E-state index contributed by atoms with van der Waals surface area (Å²) < 4.78 is 16.9. The van der Waals surface area contributed by atoms with Crippen molar-refractivity contribution >= 4 is 32.5 Å². The van der Waals surface area contributed by atoms with Gasteiger partial charge in [0.25, 0.3) is 0 Å². The molecule has 0 saturated carbocycles. The molecule has 0 unspecified atom stereocenters. The lowest BCUT2D eigenvalue weighted by molar-refractivity contribution is 0.209. The fourth-order valence-corrected chi connectivity index (χ4v) is 4.27. The van der Waals surface area contributed by atoms with Crippen LogP contribution in [0.5, 0.6) is 0 Å². The van der Waals surface area contributed by atoms with Gasteiger partial charge < -0.3 is 9.47 Å². The topological polar surface area (TPSA) is 52.3 Å². The van der Waals surface area contributed by atoms with Gasteiger partial charge in [0.15, 0.2) is 5.43 Å². The van der Waals surface area contributed by atoms with E-state index in [0.29, 0.717) is 30.8 Å². The first kappa shape index (κ1) is 18.7. The van der Waals surface area contributed by atoms with Gasteiger partial charge in [-0.1, -0.05) is 12.1 Å². The predicted octanol–water partition coefficient (Wildman–Crippen LogP) is 3.55. The van der Waals surface area contributed by atoms with Gasteiger partial charge in [0.05, 0.1) is 17.9 Å². The van der Waals surface area contributed by atoms with Crippen molar-refractivity contribution < 1.29 is 4.39 Å². The zero-order chi connectivity index (χ0) is 19.7. The molecule has 1 aliphatic heterocycles. The van der Waals surface area contributed by atoms with Crippen LogP contribution in [0.25, 0.3) is 10.9 Å². The Labute approximate surface area is 170 Å². The van der Waals surface area contributed by atoms with Crippen LogP contribution in [0.4, 0.5) is 10.1 Å². The van der Waals surface area contributed by atoms with Crippen LogP contribution in [0.1, 0.15) is 5.56 Å². The van der Waals surface area contributed by atoms with Crippen LogP contribution >= 0.6 is 15.9 Å². The van der Waals surface area contributed by atoms with Crippen molar-refractivity contribution in [2.24, 2.45) is 0 Å². The number of piperazine rings is 1. The zero-order valence-corrected chi connectivity index (χ0v) is 16.7. The number of halogens is 2. The Morgan fingerprint density at radius 2 is 1.82 bits per heavy atom. The highest BCUT2D eigenvalue weighted by molar-refractivity contribution is 9.10. The Bertz CT molecular complexity index is 1130. The number of para-hydroxylation sites is 1. The zero-order valence-electron chi connectivity index (χ0n) is 15.1. The van der Waals surface area contributed by atoms with Crippen molar-refractivity contribution in [3.8, 4) is 6.07 Å². The van der Waals surface area contributed by atoms with E-state index in [2.05, 4.69) is 30.3 Å². The molecule has 1 fully saturated rings. The number of hydrogen-bond acceptors (Lipinski definition) is 4. The Kier molecular flexibility index (Phi) is 5.16. The van der Waals surface area contributed by atoms with Crippen LogP contribution in [0.15, 0.2) is 57.9 Å². The molecular weight excluding hydrogens is 423 g/mol. The second-order valence-electron chi connectivity index (χ2n) is 6.78. The smallest absolute Gasteiger partial charge is 0.189 e. The molecule has 1 aromatic heterocycles. The lowest BCUT2D eigenvalue weighted by Gasteiger charge is -2.37. The van der Waals surface area contributed by atoms with Gasteiger partial charge in [-0.05, 0) is 40.2 Å². The highest BCUT2D eigenvalue weighted by Crippen LogP contribution is 2.25. The van der Waals surface area contributed by atoms with Crippen molar-refractivity contribution in [2.45, 2.75) is 6.67 Å². The highest BCUT2D eigenvalue weighted by Gasteiger charge is 2.21. The van der Waals surface area contributed by atoms with Gasteiger partial charge in [-0.15, -0.1) is 0 Å². The van der Waals surface area contributed by atoms with Crippen molar-refractivity contribution in [2.75, 3.05) is 31.1 Å². The second-order valence-corrected chi connectivity index (χ2v) is 7.63. The fourth-order valence-electron chi connectivity index (χ4n) is 3.68. The number of nitriles is 1. The molecule has 0 spiro atoms. The minimum Gasteiger partial charge on any atom is -0.368 e. The lowest BCUT2D eigenvalue weighted by Crippen LogP contribution is -2.47. The molecule has 142 valence electrons. The summed E-state index contributed by atoms with van der Waals surface area (Å²) in [7, 11) is 0. The van der Waals surface area contributed by atoms with E-state index in [4.69, 9.17) is 0 Å². The first-order chi connectivity index (χ1) is 13.6. The fraction of sp³-hybridized carbons (Fsp3) is 0.238. The minimum absolute atomic E-state index is 0.00695. The van der Waals surface area contributed by atoms with Crippen LogP contribution < -0.4 is 10.3 Å². The molecule has 1 aliphatic rings. The van der Waals surface area contributed by atoms with Gasteiger partial charge in [0.1, 0.15) is 17.4 Å². The summed E-state index contributed by atoms with van der Waals surface area (Å²) in [6.45, 7) is 3.62. The summed E-state index contributed by atoms with van der Waals surface area (Å²) in [4.78, 5) is 16.5. The molecule has 2 heterocycles. The number of nitrogens with zero attached hydrogens (tertiary/aromatic N) is 4. The third-order valence-corrected chi connectivity index (χ3v) is 5.75. The lowest BCUT2D eigenvalue weighted by atomic mass is 10.1. The molecule has 0 amide bonds. The number of benzene rings is 2. The van der Waals surface area contributed by atoms with Crippen LogP contribution in [0, 0.1) is 17.1 Å². The first-order valence-electron chi connectivity index (χ1n) is 9.02. The van der Waals surface area contributed by atoms with Crippen LogP contribution in [-0.4, -0.2) is 35.6 Å². The largest absolute Gasteiger partial charge is 0.368 e. The molecule has 2 aromatic carbocycles. The Morgan fingerprint density at radius 1 is 1.07 bits per heavy atom. The van der Waals surface area contributed by atoms with Crippen LogP contribution in [0.2, 0.25) is 0 Å². The van der Waals surface area contributed by atoms with Gasteiger partial charge in [0.2, 0.25) is 0 Å². The van der Waals surface area contributed by atoms with Gasteiger partial charge in [-0.25, -0.2) is 4.39 Å². The summed E-state index contributed by atoms with van der Waals surface area (Å²) in [6.07, 6.45) is 1.82. The number of anilines is 1. The summed E-state index contributed by atoms with van der Waals surface area (Å²) in [5, 5.41) is 9.95. The van der Waals surface area contributed by atoms with E-state index in [1.165, 1.54) is 6.07 Å². The van der Waals surface area contributed by atoms with Crippen molar-refractivity contribution in [3.63, 3.8) is 0 Å². The molecule has 1 saturated heterocycles. The molecule has 3 aromatic rings. The third kappa shape index (κ3) is 3.41. The molecule has 0 bridgehead atoms. The van der Waals surface area contributed by atoms with Crippen molar-refractivity contribution in [1.82, 2.24) is 9.47 Å². The predicted molar refractivity (Wildman–Crippen MR) is 111 cm³/mol. The number of aromatic nitrogens is 1. The van der Waals surface area contributed by atoms with Crippen LogP contribution in [0.3, 0.4) is 0 Å². The Balaban J connectivity index is 1.53. The molecule has 28 heavy (non-hydrogen) atoms. The molecule has 0 aliphatic carbocycles. The van der Waals surface area contributed by atoms with Gasteiger partial charge in [-0.3, -0.25) is 9.69 Å². The molecule has 4 rings (SSSR count). The van der Waals surface area contributed by atoms with E-state index < -0.39 is 5.82 Å². The maximum Gasteiger partial charge on any atom is 0.189 e. The van der Waals surface area contributed by atoms with Gasteiger partial charge >= 0.3 is 0 Å². The summed E-state index contributed by atoms with van der Waals surface area (Å²) in [5.74, 6) is -0.480. The van der Waals surface area contributed by atoms with E-state index >= 15 is 0 Å². The van der Waals surface area contributed by atoms with Gasteiger partial charge in [-0.2, -0.15) is 5.26 Å². The Hall–Kier alpha value is -2.69. The third-order valence-electron chi connectivity index (χ3n) is 5.11. The standard InChI is InChI=1S/C21H18BrFN4O/c22-17-4-1-3-15-20(28)7-8-27(21(15)17)14-25-9-11-26(12-10-25)19-6-2-5-18(23)16(19)13-24/h1-8H,9-12,14H2. The number of fused-ring (bicyclic) bond motifs is 1. The quantitative estimate of drug-likeness (QED) is 0.624. The molecule has 7 heteroatoms. The van der Waals surface area contributed by atoms with E-state index in [-0.39, 0.29) is 11.0 Å². The van der Waals surface area contributed by atoms with Crippen LogP contribution in [-0.2, 0) is 6.67 Å². The van der Waals surface area contributed by atoms with Gasteiger partial charge in [0, 0.05) is 48.3 Å². The average molecular weight is 441 g/mol. The monoisotopic (exact) mass is 440 g/mol. The van der Waals surface area contributed by atoms with Crippen molar-refractivity contribution in [3.05, 3.63) is 74.7 Å². The van der Waals surface area contributed by atoms with E-state index in [1.54, 1.807) is 18.2 Å². The van der Waals surface area contributed by atoms with E-state index in [0.717, 1.165) is 23.1 Å². The number of pyridine rings is 1. The highest BCUT2D eigenvalue weighted by atomic mass is 79.9. The van der Waals surface area contributed by atoms with E-state index in [9.17, 15) is 14.4 Å². The molecule has 5 nitrogen and oxygen atoms in total. The SMILES string of the molecule is N#Cc1c(F)cccc1N1CCN(Cn2ccc(=O)c3cccc(Br)c32)CC1. The summed E-state index contributed by atoms with van der Waals surface area (Å²) in [5.41, 5.74) is 1.65. The average Bonchev–Trinajstić information content (AvgIpc) is 2.71. The summed E-state index contributed by atoms with van der Waals surface area (Å²) in [6, 6.07) is 14.0. The normalized spacial score (nSPS) is 15.0. The molecule has 0 radical (unpaired) electrons. The van der Waals surface area contributed by atoms with Crippen molar-refractivity contribution in [1.29, 1.82) is 5.26 Å². The molecule has 0 atom stereocenters. The number of rotatable bonds is 3. The first-order valence-corrected chi connectivity index (χ1v) is 9.81. The summed E-state index contributed by atoms with van der Waals surface area (Å²) >= 11 is 3.56. The number of hydrogen-bond donors (Lipinski definition) is 0. The minimum atomic E-state index is -0.480. The maximum absolute atomic E-state index is 13.9. The molecular formula is C21H18BrFN4O. The van der Waals surface area contributed by atoms with E-state index in [1.807, 2.05) is 30.5 Å². The molecule has 0 N–H and O–H groups in total.